The van der Waals surface area contributed by atoms with Crippen molar-refractivity contribution >= 4 is 17.5 Å². The highest BCUT2D eigenvalue weighted by Gasteiger charge is 2.25. The van der Waals surface area contributed by atoms with Gasteiger partial charge in [0.1, 0.15) is 0 Å². The second-order valence-corrected chi connectivity index (χ2v) is 6.76. The van der Waals surface area contributed by atoms with Gasteiger partial charge in [-0.15, -0.1) is 0 Å². The molecule has 0 spiro atoms. The van der Waals surface area contributed by atoms with Gasteiger partial charge in [-0.3, -0.25) is 4.79 Å². The van der Waals surface area contributed by atoms with E-state index in [1.807, 2.05) is 17.0 Å². The Kier molecular flexibility index (Phi) is 5.54. The first kappa shape index (κ1) is 17.0. The lowest BCUT2D eigenvalue weighted by molar-refractivity contribution is -0.00673. The number of ether oxygens (including phenoxy) is 1. The lowest BCUT2D eigenvalue weighted by Gasteiger charge is -2.32. The van der Waals surface area contributed by atoms with Crippen molar-refractivity contribution in [2.45, 2.75) is 32.5 Å². The molecule has 1 heterocycles. The third-order valence-corrected chi connectivity index (χ3v) is 4.58. The molecule has 0 aromatic heterocycles. The molecule has 4 heteroatoms. The summed E-state index contributed by atoms with van der Waals surface area (Å²) in [5, 5.41) is 0.588. The van der Waals surface area contributed by atoms with Crippen molar-refractivity contribution in [2.24, 2.45) is 0 Å². The SMILES string of the molecule is Cc1ccc(COC2CCCN(C(=O)c3cccc(Cl)c3)C2)cc1. The van der Waals surface area contributed by atoms with Gasteiger partial charge in [0.25, 0.3) is 5.91 Å². The molecule has 24 heavy (non-hydrogen) atoms. The molecule has 0 N–H and O–H groups in total. The van der Waals surface area contributed by atoms with E-state index in [2.05, 4.69) is 31.2 Å². The smallest absolute Gasteiger partial charge is 0.253 e. The fourth-order valence-corrected chi connectivity index (χ4v) is 3.15. The van der Waals surface area contributed by atoms with E-state index in [4.69, 9.17) is 16.3 Å². The van der Waals surface area contributed by atoms with Crippen LogP contribution in [0.1, 0.15) is 34.3 Å². The van der Waals surface area contributed by atoms with Crippen molar-refractivity contribution in [1.29, 1.82) is 0 Å². The van der Waals surface area contributed by atoms with E-state index in [1.54, 1.807) is 12.1 Å². The Labute approximate surface area is 148 Å². The number of likely N-dealkylation sites (tertiary alicyclic amines) is 1. The van der Waals surface area contributed by atoms with E-state index in [-0.39, 0.29) is 12.0 Å². The third kappa shape index (κ3) is 4.37. The van der Waals surface area contributed by atoms with Gasteiger partial charge in [0.2, 0.25) is 0 Å². The Morgan fingerprint density at radius 1 is 1.25 bits per heavy atom. The average molecular weight is 344 g/mol. The maximum absolute atomic E-state index is 12.6. The molecule has 2 aromatic carbocycles. The summed E-state index contributed by atoms with van der Waals surface area (Å²) in [6.45, 7) is 4.07. The molecule has 2 aromatic rings. The normalized spacial score (nSPS) is 17.8. The van der Waals surface area contributed by atoms with Crippen molar-refractivity contribution in [2.75, 3.05) is 13.1 Å². The number of piperidine rings is 1. The molecule has 0 aliphatic carbocycles. The first-order chi connectivity index (χ1) is 11.6. The van der Waals surface area contributed by atoms with E-state index in [0.29, 0.717) is 23.7 Å². The maximum atomic E-state index is 12.6. The first-order valence-electron chi connectivity index (χ1n) is 8.34. The number of nitrogens with zero attached hydrogens (tertiary/aromatic N) is 1. The summed E-state index contributed by atoms with van der Waals surface area (Å²) in [5.74, 6) is 0.0288. The lowest BCUT2D eigenvalue weighted by Crippen LogP contribution is -2.43. The molecule has 1 aliphatic heterocycles. The molecule has 3 rings (SSSR count). The van der Waals surface area contributed by atoms with Crippen LogP contribution in [0.3, 0.4) is 0 Å². The van der Waals surface area contributed by atoms with E-state index in [0.717, 1.165) is 19.4 Å². The molecule has 0 saturated carbocycles. The van der Waals surface area contributed by atoms with E-state index in [9.17, 15) is 4.79 Å². The highest BCUT2D eigenvalue weighted by Crippen LogP contribution is 2.19. The van der Waals surface area contributed by atoms with Gasteiger partial charge in [0.05, 0.1) is 12.7 Å². The number of halogens is 1. The monoisotopic (exact) mass is 343 g/mol. The minimum atomic E-state index is 0.0288. The van der Waals surface area contributed by atoms with Crippen LogP contribution in [0.4, 0.5) is 0 Å². The lowest BCUT2D eigenvalue weighted by atomic mass is 10.1. The molecule has 0 bridgehead atoms. The van der Waals surface area contributed by atoms with Crippen molar-refractivity contribution in [3.05, 3.63) is 70.2 Å². The molecule has 1 aliphatic rings. The molecule has 1 unspecified atom stereocenters. The van der Waals surface area contributed by atoms with Gasteiger partial charge >= 0.3 is 0 Å². The van der Waals surface area contributed by atoms with Crippen molar-refractivity contribution in [3.63, 3.8) is 0 Å². The Balaban J connectivity index is 1.57. The fraction of sp³-hybridized carbons (Fsp3) is 0.350. The second kappa shape index (κ2) is 7.82. The largest absolute Gasteiger partial charge is 0.372 e. The predicted octanol–water partition coefficient (Wildman–Crippen LogP) is 4.47. The predicted molar refractivity (Wildman–Crippen MR) is 96.3 cm³/mol. The number of aryl methyl sites for hydroxylation is 1. The highest BCUT2D eigenvalue weighted by atomic mass is 35.5. The molecule has 0 radical (unpaired) electrons. The van der Waals surface area contributed by atoms with Crippen LogP contribution in [0.25, 0.3) is 0 Å². The van der Waals surface area contributed by atoms with Crippen molar-refractivity contribution in [3.8, 4) is 0 Å². The molecule has 1 atom stereocenters. The summed E-state index contributed by atoms with van der Waals surface area (Å²) in [4.78, 5) is 14.5. The van der Waals surface area contributed by atoms with Crippen LogP contribution in [-0.4, -0.2) is 30.0 Å². The minimum Gasteiger partial charge on any atom is -0.372 e. The van der Waals surface area contributed by atoms with Crippen LogP contribution in [0.2, 0.25) is 5.02 Å². The Morgan fingerprint density at radius 3 is 2.79 bits per heavy atom. The molecular weight excluding hydrogens is 322 g/mol. The van der Waals surface area contributed by atoms with Gasteiger partial charge in [0.15, 0.2) is 0 Å². The molecule has 3 nitrogen and oxygen atoms in total. The fourth-order valence-electron chi connectivity index (χ4n) is 2.96. The Bertz CT molecular complexity index is 699. The number of hydrogen-bond donors (Lipinski definition) is 0. The zero-order valence-electron chi connectivity index (χ0n) is 13.9. The van der Waals surface area contributed by atoms with Crippen molar-refractivity contribution in [1.82, 2.24) is 4.90 Å². The summed E-state index contributed by atoms with van der Waals surface area (Å²) in [6.07, 6.45) is 2.04. The standard InChI is InChI=1S/C20H22ClNO2/c1-15-7-9-16(10-8-15)14-24-19-6-3-11-22(13-19)20(23)17-4-2-5-18(21)12-17/h2,4-5,7-10,12,19H,3,6,11,13-14H2,1H3. The molecule has 1 amide bonds. The summed E-state index contributed by atoms with van der Waals surface area (Å²) in [6, 6.07) is 15.5. The van der Waals surface area contributed by atoms with Gasteiger partial charge in [0, 0.05) is 23.7 Å². The summed E-state index contributed by atoms with van der Waals surface area (Å²) < 4.78 is 6.03. The van der Waals surface area contributed by atoms with Crippen molar-refractivity contribution < 1.29 is 9.53 Å². The number of carbonyl (C=O) groups excluding carboxylic acids is 1. The Morgan fingerprint density at radius 2 is 2.04 bits per heavy atom. The molecule has 1 saturated heterocycles. The maximum Gasteiger partial charge on any atom is 0.253 e. The quantitative estimate of drug-likeness (QED) is 0.819. The number of carbonyl (C=O) groups is 1. The average Bonchev–Trinajstić information content (AvgIpc) is 2.61. The van der Waals surface area contributed by atoms with Gasteiger partial charge in [-0.1, -0.05) is 47.5 Å². The topological polar surface area (TPSA) is 29.5 Å². The van der Waals surface area contributed by atoms with Crippen LogP contribution in [0.15, 0.2) is 48.5 Å². The molecular formula is C20H22ClNO2. The number of rotatable bonds is 4. The second-order valence-electron chi connectivity index (χ2n) is 6.32. The van der Waals surface area contributed by atoms with E-state index < -0.39 is 0 Å². The first-order valence-corrected chi connectivity index (χ1v) is 8.71. The van der Waals surface area contributed by atoms with E-state index in [1.165, 1.54) is 11.1 Å². The van der Waals surface area contributed by atoms with Gasteiger partial charge in [-0.25, -0.2) is 0 Å². The number of amides is 1. The summed E-state index contributed by atoms with van der Waals surface area (Å²) >= 11 is 5.99. The Hall–Kier alpha value is -1.84. The minimum absolute atomic E-state index is 0.0288. The van der Waals surface area contributed by atoms with Gasteiger partial charge < -0.3 is 9.64 Å². The van der Waals surface area contributed by atoms with E-state index >= 15 is 0 Å². The van der Waals surface area contributed by atoms with Crippen LogP contribution < -0.4 is 0 Å². The van der Waals surface area contributed by atoms with Gasteiger partial charge in [-0.05, 0) is 43.5 Å². The number of hydrogen-bond acceptors (Lipinski definition) is 2. The zero-order valence-corrected chi connectivity index (χ0v) is 14.6. The molecule has 126 valence electrons. The van der Waals surface area contributed by atoms with Crippen LogP contribution in [-0.2, 0) is 11.3 Å². The summed E-state index contributed by atoms with van der Waals surface area (Å²) in [7, 11) is 0. The number of benzene rings is 2. The highest BCUT2D eigenvalue weighted by molar-refractivity contribution is 6.30. The zero-order chi connectivity index (χ0) is 16.9. The molecule has 1 fully saturated rings. The summed E-state index contributed by atoms with van der Waals surface area (Å²) in [5.41, 5.74) is 3.05. The van der Waals surface area contributed by atoms with Crippen LogP contribution >= 0.6 is 11.6 Å². The van der Waals surface area contributed by atoms with Crippen LogP contribution in [0.5, 0.6) is 0 Å². The van der Waals surface area contributed by atoms with Gasteiger partial charge in [-0.2, -0.15) is 0 Å². The van der Waals surface area contributed by atoms with Crippen LogP contribution in [0, 0.1) is 6.92 Å². The third-order valence-electron chi connectivity index (χ3n) is 4.34.